The van der Waals surface area contributed by atoms with Crippen LogP contribution in [0.2, 0.25) is 0 Å². The molecule has 1 aromatic carbocycles. The van der Waals surface area contributed by atoms with Crippen LogP contribution in [-0.2, 0) is 11.3 Å². The Morgan fingerprint density at radius 2 is 2.07 bits per heavy atom. The number of hydrogen-bond acceptors (Lipinski definition) is 4. The number of benzene rings is 1. The number of carbonyl (C=O) groups excluding carboxylic acids is 2. The zero-order chi connectivity index (χ0) is 19.0. The van der Waals surface area contributed by atoms with Gasteiger partial charge in [0, 0.05) is 6.04 Å². The fourth-order valence-electron chi connectivity index (χ4n) is 4.80. The van der Waals surface area contributed by atoms with Gasteiger partial charge < -0.3 is 5.32 Å². The van der Waals surface area contributed by atoms with Crippen molar-refractivity contribution in [1.29, 1.82) is 0 Å². The van der Waals surface area contributed by atoms with Crippen molar-refractivity contribution in [3.8, 4) is 0 Å². The topological polar surface area (TPSA) is 93.1 Å². The number of amides is 3. The second-order valence-corrected chi connectivity index (χ2v) is 7.84. The zero-order valence-corrected chi connectivity index (χ0v) is 15.4. The third-order valence-corrected chi connectivity index (χ3v) is 6.09. The van der Waals surface area contributed by atoms with E-state index >= 15 is 0 Å². The Bertz CT molecular complexity index is 938. The van der Waals surface area contributed by atoms with Crippen molar-refractivity contribution >= 4 is 22.8 Å². The Balaban J connectivity index is 1.34. The molecule has 2 N–H and O–H groups in total. The van der Waals surface area contributed by atoms with Gasteiger partial charge in [-0.1, -0.05) is 18.6 Å². The Morgan fingerprint density at radius 1 is 1.26 bits per heavy atom. The summed E-state index contributed by atoms with van der Waals surface area (Å²) in [4.78, 5) is 40.9. The number of nitrogens with one attached hydrogen (secondary N) is 2. The third kappa shape index (κ3) is 3.59. The second kappa shape index (κ2) is 7.13. The first kappa shape index (κ1) is 17.7. The summed E-state index contributed by atoms with van der Waals surface area (Å²) in [5, 5.41) is 5.67. The Kier molecular flexibility index (Phi) is 4.68. The van der Waals surface area contributed by atoms with Gasteiger partial charge in [0.15, 0.2) is 0 Å². The number of urea groups is 1. The second-order valence-electron chi connectivity index (χ2n) is 7.84. The van der Waals surface area contributed by atoms with Crippen molar-refractivity contribution in [1.82, 2.24) is 20.2 Å². The molecule has 7 heteroatoms. The van der Waals surface area contributed by atoms with Crippen molar-refractivity contribution < 1.29 is 9.59 Å². The van der Waals surface area contributed by atoms with E-state index in [1.165, 1.54) is 30.2 Å². The summed E-state index contributed by atoms with van der Waals surface area (Å²) in [6.45, 7) is 1.76. The minimum Gasteiger partial charge on any atom is -0.335 e. The molecular formula is C20H24N4O3. The predicted molar refractivity (Wildman–Crippen MR) is 101 cm³/mol. The molecule has 0 saturated heterocycles. The van der Waals surface area contributed by atoms with Gasteiger partial charge in [0.1, 0.15) is 6.54 Å². The first-order valence-electron chi connectivity index (χ1n) is 9.56. The SMILES string of the molecule is C[C@H](NC(=O)NC(=O)Cn1cnc2ccccc2c1=O)[C@H]1C[C@H]2CC[C@H]1C2. The quantitative estimate of drug-likeness (QED) is 0.864. The average molecular weight is 368 g/mol. The summed E-state index contributed by atoms with van der Waals surface area (Å²) < 4.78 is 1.21. The van der Waals surface area contributed by atoms with E-state index in [1.807, 2.05) is 6.92 Å². The highest BCUT2D eigenvalue weighted by Gasteiger charge is 2.42. The molecule has 4 atom stereocenters. The number of aromatic nitrogens is 2. The smallest absolute Gasteiger partial charge is 0.321 e. The highest BCUT2D eigenvalue weighted by Crippen LogP contribution is 2.49. The molecule has 2 saturated carbocycles. The summed E-state index contributed by atoms with van der Waals surface area (Å²) in [5.41, 5.74) is 0.281. The van der Waals surface area contributed by atoms with Crippen molar-refractivity contribution in [3.63, 3.8) is 0 Å². The maximum Gasteiger partial charge on any atom is 0.321 e. The average Bonchev–Trinajstić information content (AvgIpc) is 3.27. The summed E-state index contributed by atoms with van der Waals surface area (Å²) in [6.07, 6.45) is 6.33. The van der Waals surface area contributed by atoms with Crippen LogP contribution >= 0.6 is 0 Å². The molecule has 7 nitrogen and oxygen atoms in total. The van der Waals surface area contributed by atoms with Crippen LogP contribution in [0.25, 0.3) is 10.9 Å². The zero-order valence-electron chi connectivity index (χ0n) is 15.4. The van der Waals surface area contributed by atoms with Crippen LogP contribution in [0.3, 0.4) is 0 Å². The largest absolute Gasteiger partial charge is 0.335 e. The van der Waals surface area contributed by atoms with Crippen LogP contribution in [0.1, 0.15) is 32.6 Å². The molecule has 1 heterocycles. The van der Waals surface area contributed by atoms with Gasteiger partial charge in [-0.05, 0) is 56.1 Å². The number of hydrogen-bond donors (Lipinski definition) is 2. The van der Waals surface area contributed by atoms with Gasteiger partial charge in [-0.2, -0.15) is 0 Å². The monoisotopic (exact) mass is 368 g/mol. The van der Waals surface area contributed by atoms with Crippen LogP contribution in [0, 0.1) is 17.8 Å². The fourth-order valence-corrected chi connectivity index (χ4v) is 4.80. The van der Waals surface area contributed by atoms with Gasteiger partial charge in [-0.3, -0.25) is 19.5 Å². The molecule has 2 aliphatic rings. The van der Waals surface area contributed by atoms with E-state index in [0.29, 0.717) is 22.7 Å². The van der Waals surface area contributed by atoms with Crippen LogP contribution in [0.15, 0.2) is 35.4 Å². The van der Waals surface area contributed by atoms with Crippen molar-refractivity contribution in [2.24, 2.45) is 17.8 Å². The Labute approximate surface area is 157 Å². The van der Waals surface area contributed by atoms with Gasteiger partial charge >= 0.3 is 6.03 Å². The molecule has 0 radical (unpaired) electrons. The minimum atomic E-state index is -0.535. The van der Waals surface area contributed by atoms with Crippen LogP contribution in [0.4, 0.5) is 4.79 Å². The number of imide groups is 1. The van der Waals surface area contributed by atoms with Crippen molar-refractivity contribution in [2.75, 3.05) is 0 Å². The molecule has 142 valence electrons. The minimum absolute atomic E-state index is 0.0400. The van der Waals surface area contributed by atoms with E-state index in [1.54, 1.807) is 24.3 Å². The molecule has 2 aliphatic carbocycles. The van der Waals surface area contributed by atoms with Crippen LogP contribution in [-0.4, -0.2) is 27.5 Å². The first-order valence-corrected chi connectivity index (χ1v) is 9.56. The maximum absolute atomic E-state index is 12.4. The lowest BCUT2D eigenvalue weighted by atomic mass is 9.84. The Hall–Kier alpha value is -2.70. The fraction of sp³-hybridized carbons (Fsp3) is 0.500. The van der Waals surface area contributed by atoms with Crippen LogP contribution in [0.5, 0.6) is 0 Å². The van der Waals surface area contributed by atoms with Gasteiger partial charge in [-0.15, -0.1) is 0 Å². The summed E-state index contributed by atoms with van der Waals surface area (Å²) in [7, 11) is 0. The maximum atomic E-state index is 12.4. The molecule has 27 heavy (non-hydrogen) atoms. The molecule has 2 aromatic rings. The number of fused-ring (bicyclic) bond motifs is 3. The lowest BCUT2D eigenvalue weighted by Gasteiger charge is -2.28. The van der Waals surface area contributed by atoms with Gasteiger partial charge in [-0.25, -0.2) is 9.78 Å². The van der Waals surface area contributed by atoms with Gasteiger partial charge in [0.25, 0.3) is 5.56 Å². The summed E-state index contributed by atoms with van der Waals surface area (Å²) in [6, 6.07) is 6.50. The van der Waals surface area contributed by atoms with Gasteiger partial charge in [0.05, 0.1) is 17.2 Å². The lowest BCUT2D eigenvalue weighted by Crippen LogP contribution is -2.48. The number of carbonyl (C=O) groups is 2. The van der Waals surface area contributed by atoms with E-state index in [0.717, 1.165) is 12.3 Å². The van der Waals surface area contributed by atoms with E-state index in [4.69, 9.17) is 0 Å². The first-order chi connectivity index (χ1) is 13.0. The molecule has 0 aliphatic heterocycles. The molecule has 3 amide bonds. The number of para-hydroxylation sites is 1. The number of rotatable bonds is 4. The Morgan fingerprint density at radius 3 is 2.81 bits per heavy atom. The standard InChI is InChI=1S/C20H24N4O3/c1-12(16-9-13-6-7-14(16)8-13)22-20(27)23-18(25)10-24-11-21-17-5-3-2-4-15(17)19(24)26/h2-5,11-14,16H,6-10H2,1H3,(H2,22,23,25,27)/t12-,13-,14-,16+/m0/s1. The third-order valence-electron chi connectivity index (χ3n) is 6.09. The van der Waals surface area contributed by atoms with E-state index in [9.17, 15) is 14.4 Å². The molecule has 0 unspecified atom stereocenters. The predicted octanol–water partition coefficient (Wildman–Crippen LogP) is 2.05. The lowest BCUT2D eigenvalue weighted by molar-refractivity contribution is -0.120. The molecule has 0 spiro atoms. The molecule has 1 aromatic heterocycles. The molecule has 4 rings (SSSR count). The summed E-state index contributed by atoms with van der Waals surface area (Å²) in [5.74, 6) is 1.47. The van der Waals surface area contributed by atoms with Crippen molar-refractivity contribution in [3.05, 3.63) is 40.9 Å². The van der Waals surface area contributed by atoms with E-state index in [-0.39, 0.29) is 18.1 Å². The normalized spacial score (nSPS) is 24.7. The molecular weight excluding hydrogens is 344 g/mol. The van der Waals surface area contributed by atoms with Crippen LogP contribution < -0.4 is 16.2 Å². The van der Waals surface area contributed by atoms with Crippen molar-refractivity contribution in [2.45, 2.75) is 45.2 Å². The van der Waals surface area contributed by atoms with E-state index in [2.05, 4.69) is 15.6 Å². The number of nitrogens with zero attached hydrogens (tertiary/aromatic N) is 2. The summed E-state index contributed by atoms with van der Waals surface area (Å²) >= 11 is 0. The highest BCUT2D eigenvalue weighted by atomic mass is 16.2. The van der Waals surface area contributed by atoms with Gasteiger partial charge in [0.2, 0.25) is 5.91 Å². The molecule has 2 fully saturated rings. The molecule has 2 bridgehead atoms. The highest BCUT2D eigenvalue weighted by molar-refractivity contribution is 5.94. The van der Waals surface area contributed by atoms with E-state index < -0.39 is 11.9 Å².